The lowest BCUT2D eigenvalue weighted by atomic mass is 10.1. The fraction of sp³-hybridized carbons (Fsp3) is 0.632. The highest BCUT2D eigenvalue weighted by Crippen LogP contribution is 2.12. The minimum atomic E-state index is 0.103. The van der Waals surface area contributed by atoms with Crippen molar-refractivity contribution in [1.29, 1.82) is 0 Å². The van der Waals surface area contributed by atoms with Crippen molar-refractivity contribution < 1.29 is 9.53 Å². The average molecular weight is 318 g/mol. The van der Waals surface area contributed by atoms with Gasteiger partial charge in [-0.1, -0.05) is 25.0 Å². The Morgan fingerprint density at radius 1 is 1.09 bits per heavy atom. The Balaban J connectivity index is 1.50. The molecular weight excluding hydrogens is 288 g/mol. The van der Waals surface area contributed by atoms with Gasteiger partial charge in [-0.15, -0.1) is 0 Å². The van der Waals surface area contributed by atoms with Gasteiger partial charge in [0.05, 0.1) is 13.5 Å². The molecule has 1 aromatic rings. The van der Waals surface area contributed by atoms with Crippen molar-refractivity contribution in [2.75, 3.05) is 33.3 Å². The Morgan fingerprint density at radius 3 is 2.52 bits per heavy atom. The molecule has 23 heavy (non-hydrogen) atoms. The molecule has 0 spiro atoms. The van der Waals surface area contributed by atoms with E-state index in [1.54, 1.807) is 7.11 Å². The molecule has 1 N–H and O–H groups in total. The third kappa shape index (κ3) is 7.04. The number of ether oxygens (including phenoxy) is 1. The van der Waals surface area contributed by atoms with Gasteiger partial charge < -0.3 is 15.0 Å². The number of rotatable bonds is 9. The van der Waals surface area contributed by atoms with Crippen LogP contribution in [0, 0.1) is 0 Å². The first kappa shape index (κ1) is 17.8. The predicted molar refractivity (Wildman–Crippen MR) is 93.8 cm³/mol. The van der Waals surface area contributed by atoms with Crippen molar-refractivity contribution in [1.82, 2.24) is 10.2 Å². The molecule has 1 fully saturated rings. The minimum Gasteiger partial charge on any atom is -0.497 e. The van der Waals surface area contributed by atoms with Gasteiger partial charge in [-0.2, -0.15) is 0 Å². The summed E-state index contributed by atoms with van der Waals surface area (Å²) < 4.78 is 5.12. The maximum absolute atomic E-state index is 11.9. The quantitative estimate of drug-likeness (QED) is 0.712. The molecule has 0 atom stereocenters. The predicted octanol–water partition coefficient (Wildman–Crippen LogP) is 3.01. The summed E-state index contributed by atoms with van der Waals surface area (Å²) in [7, 11) is 1.65. The van der Waals surface area contributed by atoms with Gasteiger partial charge >= 0.3 is 0 Å². The zero-order valence-corrected chi connectivity index (χ0v) is 14.4. The van der Waals surface area contributed by atoms with Crippen LogP contribution in [0.15, 0.2) is 24.3 Å². The van der Waals surface area contributed by atoms with Crippen LogP contribution in [0.3, 0.4) is 0 Å². The van der Waals surface area contributed by atoms with Gasteiger partial charge in [0.1, 0.15) is 5.75 Å². The first-order valence-electron chi connectivity index (χ1n) is 8.90. The van der Waals surface area contributed by atoms with Crippen molar-refractivity contribution >= 4 is 5.91 Å². The van der Waals surface area contributed by atoms with Crippen LogP contribution in [0.4, 0.5) is 0 Å². The summed E-state index contributed by atoms with van der Waals surface area (Å²) in [5.41, 5.74) is 1.02. The van der Waals surface area contributed by atoms with Gasteiger partial charge in [-0.05, 0) is 63.0 Å². The van der Waals surface area contributed by atoms with Crippen LogP contribution in [0.1, 0.15) is 44.1 Å². The Kier molecular flexibility index (Phi) is 7.95. The molecule has 0 aliphatic carbocycles. The number of piperidine rings is 1. The zero-order chi connectivity index (χ0) is 16.3. The minimum absolute atomic E-state index is 0.103. The monoisotopic (exact) mass is 318 g/mol. The molecule has 1 amide bonds. The third-order valence-electron chi connectivity index (χ3n) is 4.45. The molecular formula is C19H30N2O2. The van der Waals surface area contributed by atoms with Gasteiger partial charge in [-0.25, -0.2) is 0 Å². The molecule has 1 aromatic carbocycles. The van der Waals surface area contributed by atoms with Crippen LogP contribution in [0.25, 0.3) is 0 Å². The van der Waals surface area contributed by atoms with E-state index in [0.29, 0.717) is 6.42 Å². The van der Waals surface area contributed by atoms with Gasteiger partial charge in [0.25, 0.3) is 0 Å². The van der Waals surface area contributed by atoms with Gasteiger partial charge in [0.15, 0.2) is 0 Å². The SMILES string of the molecule is COc1ccc(CC(=O)NCCCCCN2CCCCC2)cc1. The molecule has 1 aliphatic heterocycles. The van der Waals surface area contributed by atoms with Gasteiger partial charge in [0, 0.05) is 6.54 Å². The number of carbonyl (C=O) groups is 1. The second kappa shape index (κ2) is 10.3. The van der Waals surface area contributed by atoms with E-state index in [0.717, 1.165) is 24.3 Å². The first-order chi connectivity index (χ1) is 11.3. The summed E-state index contributed by atoms with van der Waals surface area (Å²) >= 11 is 0. The highest BCUT2D eigenvalue weighted by atomic mass is 16.5. The number of hydrogen-bond donors (Lipinski definition) is 1. The van der Waals surface area contributed by atoms with Crippen molar-refractivity contribution in [3.63, 3.8) is 0 Å². The molecule has 4 heteroatoms. The normalized spacial score (nSPS) is 15.3. The lowest BCUT2D eigenvalue weighted by Gasteiger charge is -2.26. The summed E-state index contributed by atoms with van der Waals surface area (Å²) in [6, 6.07) is 7.67. The lowest BCUT2D eigenvalue weighted by molar-refractivity contribution is -0.120. The molecule has 4 nitrogen and oxygen atoms in total. The smallest absolute Gasteiger partial charge is 0.224 e. The molecule has 0 saturated carbocycles. The molecule has 0 bridgehead atoms. The Labute approximate surface area is 140 Å². The number of benzene rings is 1. The van der Waals surface area contributed by atoms with Crippen LogP contribution >= 0.6 is 0 Å². The van der Waals surface area contributed by atoms with Crippen molar-refractivity contribution in [2.45, 2.75) is 44.9 Å². The van der Waals surface area contributed by atoms with Crippen molar-refractivity contribution in [2.24, 2.45) is 0 Å². The highest BCUT2D eigenvalue weighted by Gasteiger charge is 2.09. The summed E-state index contributed by atoms with van der Waals surface area (Å²) in [5, 5.41) is 3.01. The number of hydrogen-bond acceptors (Lipinski definition) is 3. The van der Waals surface area contributed by atoms with Crippen LogP contribution in [-0.2, 0) is 11.2 Å². The number of nitrogens with one attached hydrogen (secondary N) is 1. The van der Waals surface area contributed by atoms with E-state index < -0.39 is 0 Å². The third-order valence-corrected chi connectivity index (χ3v) is 4.45. The van der Waals surface area contributed by atoms with Crippen LogP contribution in [0.2, 0.25) is 0 Å². The van der Waals surface area contributed by atoms with E-state index in [-0.39, 0.29) is 5.91 Å². The van der Waals surface area contributed by atoms with Crippen molar-refractivity contribution in [3.8, 4) is 5.75 Å². The first-order valence-corrected chi connectivity index (χ1v) is 8.90. The molecule has 0 unspecified atom stereocenters. The van der Waals surface area contributed by atoms with Crippen LogP contribution < -0.4 is 10.1 Å². The number of likely N-dealkylation sites (tertiary alicyclic amines) is 1. The van der Waals surface area contributed by atoms with Gasteiger partial charge in [-0.3, -0.25) is 4.79 Å². The maximum Gasteiger partial charge on any atom is 0.224 e. The molecule has 0 radical (unpaired) electrons. The van der Waals surface area contributed by atoms with E-state index in [4.69, 9.17) is 4.74 Å². The van der Waals surface area contributed by atoms with E-state index in [2.05, 4.69) is 10.2 Å². The Hall–Kier alpha value is -1.55. The van der Waals surface area contributed by atoms with E-state index >= 15 is 0 Å². The maximum atomic E-state index is 11.9. The number of amides is 1. The molecule has 1 saturated heterocycles. The average Bonchev–Trinajstić information content (AvgIpc) is 2.59. The van der Waals surface area contributed by atoms with E-state index in [1.165, 1.54) is 51.7 Å². The van der Waals surface area contributed by atoms with E-state index in [9.17, 15) is 4.79 Å². The number of nitrogens with zero attached hydrogens (tertiary/aromatic N) is 1. The molecule has 1 aliphatic rings. The highest BCUT2D eigenvalue weighted by molar-refractivity contribution is 5.78. The molecule has 128 valence electrons. The summed E-state index contributed by atoms with van der Waals surface area (Å²) in [5.74, 6) is 0.925. The van der Waals surface area contributed by atoms with Crippen LogP contribution in [0.5, 0.6) is 5.75 Å². The number of methoxy groups -OCH3 is 1. The topological polar surface area (TPSA) is 41.6 Å². The van der Waals surface area contributed by atoms with E-state index in [1.807, 2.05) is 24.3 Å². The fourth-order valence-electron chi connectivity index (χ4n) is 3.04. The number of carbonyl (C=O) groups excluding carboxylic acids is 1. The van der Waals surface area contributed by atoms with Crippen molar-refractivity contribution in [3.05, 3.63) is 29.8 Å². The van der Waals surface area contributed by atoms with Crippen LogP contribution in [-0.4, -0.2) is 44.1 Å². The summed E-state index contributed by atoms with van der Waals surface area (Å²) in [6.45, 7) is 4.56. The standard InChI is InChI=1S/C19H30N2O2/c1-23-18-10-8-17(9-11-18)16-19(22)20-12-4-2-5-13-21-14-6-3-7-15-21/h8-11H,2-7,12-16H2,1H3,(H,20,22). The lowest BCUT2D eigenvalue weighted by Crippen LogP contribution is -2.30. The second-order valence-electron chi connectivity index (χ2n) is 6.34. The molecule has 1 heterocycles. The Bertz CT molecular complexity index is 453. The Morgan fingerprint density at radius 2 is 1.83 bits per heavy atom. The fourth-order valence-corrected chi connectivity index (χ4v) is 3.04. The zero-order valence-electron chi connectivity index (χ0n) is 14.4. The summed E-state index contributed by atoms with van der Waals surface area (Å²) in [4.78, 5) is 14.5. The molecule has 2 rings (SSSR count). The largest absolute Gasteiger partial charge is 0.497 e. The molecule has 0 aromatic heterocycles. The second-order valence-corrected chi connectivity index (χ2v) is 6.34. The van der Waals surface area contributed by atoms with Gasteiger partial charge in [0.2, 0.25) is 5.91 Å². The summed E-state index contributed by atoms with van der Waals surface area (Å²) in [6.07, 6.45) is 8.08. The number of unbranched alkanes of at least 4 members (excludes halogenated alkanes) is 2.